The van der Waals surface area contributed by atoms with Crippen molar-refractivity contribution in [3.05, 3.63) is 58.2 Å². The molecule has 2 aromatic carbocycles. The van der Waals surface area contributed by atoms with Crippen molar-refractivity contribution in [1.82, 2.24) is 9.97 Å². The molecule has 0 saturated heterocycles. The lowest BCUT2D eigenvalue weighted by molar-refractivity contribution is 0.355. The van der Waals surface area contributed by atoms with Gasteiger partial charge < -0.3 is 20.1 Å². The minimum atomic E-state index is 0.469. The van der Waals surface area contributed by atoms with Crippen molar-refractivity contribution in [2.24, 2.45) is 0 Å². The Labute approximate surface area is 169 Å². The molecule has 0 aliphatic carbocycles. The number of aryl methyl sites for hydroxylation is 3. The van der Waals surface area contributed by atoms with Crippen LogP contribution in [-0.2, 0) is 0 Å². The molecule has 0 fully saturated rings. The van der Waals surface area contributed by atoms with Crippen LogP contribution in [0.2, 0.25) is 5.02 Å². The highest BCUT2D eigenvalue weighted by Crippen LogP contribution is 2.32. The van der Waals surface area contributed by atoms with E-state index in [1.165, 1.54) is 0 Å². The van der Waals surface area contributed by atoms with E-state index in [-0.39, 0.29) is 0 Å². The summed E-state index contributed by atoms with van der Waals surface area (Å²) < 4.78 is 10.6. The fourth-order valence-corrected chi connectivity index (χ4v) is 3.30. The summed E-state index contributed by atoms with van der Waals surface area (Å²) in [6.45, 7) is 5.92. The second kappa shape index (κ2) is 8.35. The number of hydrogen-bond donors (Lipinski definition) is 2. The van der Waals surface area contributed by atoms with Crippen LogP contribution < -0.4 is 20.1 Å². The van der Waals surface area contributed by atoms with Crippen LogP contribution in [-0.4, -0.2) is 24.2 Å². The summed E-state index contributed by atoms with van der Waals surface area (Å²) in [6, 6.07) is 11.4. The van der Waals surface area contributed by atoms with Crippen molar-refractivity contribution in [3.8, 4) is 11.5 Å². The lowest BCUT2D eigenvalue weighted by atomic mass is 10.1. The van der Waals surface area contributed by atoms with Crippen molar-refractivity contribution < 1.29 is 9.47 Å². The number of nitrogens with one attached hydrogen (secondary N) is 2. The van der Waals surface area contributed by atoms with E-state index in [2.05, 4.69) is 26.7 Å². The van der Waals surface area contributed by atoms with Crippen LogP contribution in [0.4, 0.5) is 23.1 Å². The van der Waals surface area contributed by atoms with Crippen molar-refractivity contribution in [1.29, 1.82) is 0 Å². The topological polar surface area (TPSA) is 68.3 Å². The van der Waals surface area contributed by atoms with Crippen molar-refractivity contribution in [2.75, 3.05) is 24.9 Å². The fourth-order valence-electron chi connectivity index (χ4n) is 2.94. The Bertz CT molecular complexity index is 985. The Morgan fingerprint density at radius 2 is 1.61 bits per heavy atom. The third-order valence-corrected chi connectivity index (χ3v) is 4.48. The summed E-state index contributed by atoms with van der Waals surface area (Å²) >= 11 is 6.40. The third-order valence-electron chi connectivity index (χ3n) is 4.18. The van der Waals surface area contributed by atoms with Crippen molar-refractivity contribution >= 4 is 34.7 Å². The first-order valence-electron chi connectivity index (χ1n) is 8.78. The molecule has 1 heterocycles. The molecule has 0 unspecified atom stereocenters. The summed E-state index contributed by atoms with van der Waals surface area (Å²) in [4.78, 5) is 9.03. The molecule has 3 aromatic rings. The molecular weight excluding hydrogens is 376 g/mol. The van der Waals surface area contributed by atoms with Gasteiger partial charge in [0.2, 0.25) is 5.95 Å². The SMILES string of the molecule is COc1ccc(Nc2cc(C)nc(Nc3c(C)cc(C)cc3Cl)n2)cc1OC. The molecule has 3 rings (SSSR count). The summed E-state index contributed by atoms with van der Waals surface area (Å²) in [5.41, 5.74) is 4.58. The average molecular weight is 399 g/mol. The van der Waals surface area contributed by atoms with Crippen molar-refractivity contribution in [2.45, 2.75) is 20.8 Å². The van der Waals surface area contributed by atoms with E-state index in [1.54, 1.807) is 14.2 Å². The van der Waals surface area contributed by atoms with E-state index in [9.17, 15) is 0 Å². The number of halogens is 1. The van der Waals surface area contributed by atoms with Crippen LogP contribution in [0.1, 0.15) is 16.8 Å². The molecule has 0 radical (unpaired) electrons. The minimum Gasteiger partial charge on any atom is -0.493 e. The van der Waals surface area contributed by atoms with Gasteiger partial charge in [-0.15, -0.1) is 0 Å². The molecule has 28 heavy (non-hydrogen) atoms. The van der Waals surface area contributed by atoms with E-state index < -0.39 is 0 Å². The van der Waals surface area contributed by atoms with Gasteiger partial charge in [-0.3, -0.25) is 0 Å². The van der Waals surface area contributed by atoms with Gasteiger partial charge in [-0.2, -0.15) is 4.98 Å². The molecule has 0 amide bonds. The Morgan fingerprint density at radius 1 is 0.857 bits per heavy atom. The van der Waals surface area contributed by atoms with Crippen LogP contribution in [0.25, 0.3) is 0 Å². The maximum Gasteiger partial charge on any atom is 0.229 e. The zero-order valence-electron chi connectivity index (χ0n) is 16.6. The minimum absolute atomic E-state index is 0.469. The van der Waals surface area contributed by atoms with E-state index in [1.807, 2.05) is 51.1 Å². The summed E-state index contributed by atoms with van der Waals surface area (Å²) in [6.07, 6.45) is 0. The second-order valence-corrected chi connectivity index (χ2v) is 6.88. The second-order valence-electron chi connectivity index (χ2n) is 6.48. The number of hydrogen-bond acceptors (Lipinski definition) is 6. The Morgan fingerprint density at radius 3 is 2.29 bits per heavy atom. The lowest BCUT2D eigenvalue weighted by Gasteiger charge is -2.14. The number of aromatic nitrogens is 2. The summed E-state index contributed by atoms with van der Waals surface area (Å²) in [5.74, 6) is 2.43. The zero-order valence-corrected chi connectivity index (χ0v) is 17.3. The predicted molar refractivity (Wildman–Crippen MR) is 114 cm³/mol. The number of nitrogens with zero attached hydrogens (tertiary/aromatic N) is 2. The maximum absolute atomic E-state index is 6.40. The molecule has 0 atom stereocenters. The van der Waals surface area contributed by atoms with E-state index >= 15 is 0 Å². The predicted octanol–water partition coefficient (Wildman–Crippen LogP) is 5.56. The average Bonchev–Trinajstić information content (AvgIpc) is 2.64. The molecule has 6 nitrogen and oxygen atoms in total. The molecular formula is C21H23ClN4O2. The van der Waals surface area contributed by atoms with Gasteiger partial charge in [0.05, 0.1) is 24.9 Å². The van der Waals surface area contributed by atoms with Gasteiger partial charge in [0.25, 0.3) is 0 Å². The van der Waals surface area contributed by atoms with E-state index in [0.29, 0.717) is 28.3 Å². The highest BCUT2D eigenvalue weighted by Gasteiger charge is 2.10. The van der Waals surface area contributed by atoms with Crippen LogP contribution in [0.5, 0.6) is 11.5 Å². The van der Waals surface area contributed by atoms with Crippen LogP contribution in [0.15, 0.2) is 36.4 Å². The molecule has 7 heteroatoms. The molecule has 0 aliphatic heterocycles. The molecule has 0 aliphatic rings. The Hall–Kier alpha value is -2.99. The first-order valence-corrected chi connectivity index (χ1v) is 9.16. The number of methoxy groups -OCH3 is 2. The Balaban J connectivity index is 1.88. The van der Waals surface area contributed by atoms with Gasteiger partial charge in [-0.25, -0.2) is 4.98 Å². The quantitative estimate of drug-likeness (QED) is 0.566. The Kier molecular flexibility index (Phi) is 5.90. The lowest BCUT2D eigenvalue weighted by Crippen LogP contribution is -2.04. The van der Waals surface area contributed by atoms with Crippen molar-refractivity contribution in [3.63, 3.8) is 0 Å². The number of benzene rings is 2. The molecule has 0 spiro atoms. The fraction of sp³-hybridized carbons (Fsp3) is 0.238. The van der Waals surface area contributed by atoms with Gasteiger partial charge in [-0.05, 0) is 50.1 Å². The number of anilines is 4. The van der Waals surface area contributed by atoms with E-state index in [4.69, 9.17) is 21.1 Å². The first kappa shape index (κ1) is 19.8. The summed E-state index contributed by atoms with van der Waals surface area (Å²) in [7, 11) is 3.21. The molecule has 0 saturated carbocycles. The van der Waals surface area contributed by atoms with Crippen LogP contribution >= 0.6 is 11.6 Å². The summed E-state index contributed by atoms with van der Waals surface area (Å²) in [5, 5.41) is 7.15. The smallest absolute Gasteiger partial charge is 0.229 e. The van der Waals surface area contributed by atoms with Gasteiger partial charge in [0, 0.05) is 23.5 Å². The molecule has 1 aromatic heterocycles. The largest absolute Gasteiger partial charge is 0.493 e. The van der Waals surface area contributed by atoms with E-state index in [0.717, 1.165) is 28.2 Å². The number of ether oxygens (including phenoxy) is 2. The molecule has 146 valence electrons. The molecule has 2 N–H and O–H groups in total. The monoisotopic (exact) mass is 398 g/mol. The number of rotatable bonds is 6. The normalized spacial score (nSPS) is 10.5. The van der Waals surface area contributed by atoms with Gasteiger partial charge in [-0.1, -0.05) is 17.7 Å². The van der Waals surface area contributed by atoms with Crippen LogP contribution in [0, 0.1) is 20.8 Å². The highest BCUT2D eigenvalue weighted by atomic mass is 35.5. The standard InChI is InChI=1S/C21H23ClN4O2/c1-12-8-13(2)20(16(22)9-12)26-21-23-14(3)10-19(25-21)24-15-6-7-17(27-4)18(11-15)28-5/h6-11H,1-5H3,(H2,23,24,25,26). The maximum atomic E-state index is 6.40. The highest BCUT2D eigenvalue weighted by molar-refractivity contribution is 6.33. The zero-order chi connectivity index (χ0) is 20.3. The van der Waals surface area contributed by atoms with Crippen LogP contribution in [0.3, 0.4) is 0 Å². The first-order chi connectivity index (χ1) is 13.4. The molecule has 0 bridgehead atoms. The third kappa shape index (κ3) is 4.46. The van der Waals surface area contributed by atoms with Gasteiger partial charge >= 0.3 is 0 Å². The van der Waals surface area contributed by atoms with Gasteiger partial charge in [0.1, 0.15) is 5.82 Å². The van der Waals surface area contributed by atoms with Gasteiger partial charge in [0.15, 0.2) is 11.5 Å².